The van der Waals surface area contributed by atoms with Crippen LogP contribution in [-0.4, -0.2) is 28.2 Å². The van der Waals surface area contributed by atoms with Gasteiger partial charge in [-0.2, -0.15) is 11.8 Å². The van der Waals surface area contributed by atoms with Crippen molar-refractivity contribution < 1.29 is 4.74 Å². The molecular weight excluding hydrogens is 304 g/mol. The fourth-order valence-electron chi connectivity index (χ4n) is 3.38. The minimum absolute atomic E-state index is 0.106. The van der Waals surface area contributed by atoms with E-state index >= 15 is 0 Å². The maximum Gasteiger partial charge on any atom is 0.146 e. The van der Waals surface area contributed by atoms with Gasteiger partial charge < -0.3 is 9.30 Å². The summed E-state index contributed by atoms with van der Waals surface area (Å²) in [6, 6.07) is 6.60. The number of thioether (sulfide) groups is 1. The first kappa shape index (κ1) is 15.0. The number of methoxy groups -OCH3 is 1. The summed E-state index contributed by atoms with van der Waals surface area (Å²) in [5, 5.41) is 0.535. The van der Waals surface area contributed by atoms with E-state index in [0.29, 0.717) is 11.3 Å². The van der Waals surface area contributed by atoms with Crippen molar-refractivity contribution in [3.05, 3.63) is 24.0 Å². The largest absolute Gasteiger partial charge is 0.494 e. The summed E-state index contributed by atoms with van der Waals surface area (Å²) in [5.41, 5.74) is 2.07. The quantitative estimate of drug-likeness (QED) is 0.756. The number of ether oxygens (including phenoxy) is 1. The van der Waals surface area contributed by atoms with Crippen LogP contribution >= 0.6 is 23.4 Å². The van der Waals surface area contributed by atoms with E-state index < -0.39 is 0 Å². The highest BCUT2D eigenvalue weighted by atomic mass is 35.5. The van der Waals surface area contributed by atoms with E-state index in [1.165, 1.54) is 19.3 Å². The summed E-state index contributed by atoms with van der Waals surface area (Å²) in [4.78, 5) is 4.79. The molecule has 5 heteroatoms. The smallest absolute Gasteiger partial charge is 0.146 e. The third-order valence-corrected chi connectivity index (χ3v) is 5.69. The number of imidazole rings is 1. The van der Waals surface area contributed by atoms with Crippen molar-refractivity contribution in [3.8, 4) is 5.75 Å². The van der Waals surface area contributed by atoms with Gasteiger partial charge in [-0.3, -0.25) is 0 Å². The van der Waals surface area contributed by atoms with E-state index in [0.717, 1.165) is 22.6 Å². The number of para-hydroxylation sites is 1. The second kappa shape index (κ2) is 6.09. The van der Waals surface area contributed by atoms with Gasteiger partial charge in [0.25, 0.3) is 0 Å². The number of benzene rings is 1. The average molecular weight is 325 g/mol. The lowest BCUT2D eigenvalue weighted by Gasteiger charge is -2.23. The molecule has 3 rings (SSSR count). The van der Waals surface area contributed by atoms with Gasteiger partial charge in [-0.05, 0) is 38.2 Å². The molecule has 1 heterocycles. The van der Waals surface area contributed by atoms with Gasteiger partial charge in [0.2, 0.25) is 0 Å². The minimum atomic E-state index is -0.106. The minimum Gasteiger partial charge on any atom is -0.494 e. The molecule has 1 saturated carbocycles. The topological polar surface area (TPSA) is 27.1 Å². The van der Waals surface area contributed by atoms with E-state index in [1.54, 1.807) is 7.11 Å². The van der Waals surface area contributed by atoms with E-state index in [9.17, 15) is 0 Å². The van der Waals surface area contributed by atoms with Crippen LogP contribution in [0.4, 0.5) is 0 Å². The van der Waals surface area contributed by atoms with Crippen LogP contribution in [0.1, 0.15) is 43.4 Å². The van der Waals surface area contributed by atoms with Crippen LogP contribution in [0.25, 0.3) is 11.0 Å². The molecule has 0 spiro atoms. The predicted molar refractivity (Wildman–Crippen MR) is 90.7 cm³/mol. The zero-order chi connectivity index (χ0) is 15.0. The van der Waals surface area contributed by atoms with Crippen molar-refractivity contribution in [3.63, 3.8) is 0 Å². The standard InChI is InChI=1S/C16H21ClN2OS/c1-10(17)16-18-15-12(7-4-8-13(15)20-2)19(16)11-6-5-9-14(11)21-3/h4,7-8,10-11,14H,5-6,9H2,1-3H3. The number of hydrogen-bond donors (Lipinski definition) is 0. The summed E-state index contributed by atoms with van der Waals surface area (Å²) < 4.78 is 7.83. The lowest BCUT2D eigenvalue weighted by molar-refractivity contribution is 0.419. The molecule has 21 heavy (non-hydrogen) atoms. The molecule has 3 nitrogen and oxygen atoms in total. The highest BCUT2D eigenvalue weighted by Crippen LogP contribution is 2.42. The molecule has 0 radical (unpaired) electrons. The molecular formula is C16H21ClN2OS. The number of hydrogen-bond acceptors (Lipinski definition) is 3. The van der Waals surface area contributed by atoms with Crippen molar-refractivity contribution in [1.82, 2.24) is 9.55 Å². The Morgan fingerprint density at radius 1 is 1.43 bits per heavy atom. The Labute approximate surface area is 135 Å². The van der Waals surface area contributed by atoms with E-state index in [2.05, 4.69) is 16.9 Å². The van der Waals surface area contributed by atoms with Gasteiger partial charge in [-0.1, -0.05) is 12.5 Å². The van der Waals surface area contributed by atoms with Crippen LogP contribution < -0.4 is 4.74 Å². The van der Waals surface area contributed by atoms with Gasteiger partial charge in [-0.25, -0.2) is 4.98 Å². The van der Waals surface area contributed by atoms with Gasteiger partial charge in [0.05, 0.1) is 18.0 Å². The van der Waals surface area contributed by atoms with Crippen LogP contribution in [0.2, 0.25) is 0 Å². The fraction of sp³-hybridized carbons (Fsp3) is 0.562. The SMILES string of the molecule is COc1cccc2c1nc(C(C)Cl)n2C1CCCC1SC. The molecule has 1 aliphatic carbocycles. The maximum atomic E-state index is 6.41. The summed E-state index contributed by atoms with van der Waals surface area (Å²) in [7, 11) is 1.69. The Hall–Kier alpha value is -0.870. The van der Waals surface area contributed by atoms with Crippen molar-refractivity contribution in [2.45, 2.75) is 42.9 Å². The molecule has 1 aliphatic rings. The summed E-state index contributed by atoms with van der Waals surface area (Å²) in [6.45, 7) is 1.99. The molecule has 0 saturated heterocycles. The zero-order valence-corrected chi connectivity index (χ0v) is 14.2. The number of halogens is 1. The fourth-order valence-corrected chi connectivity index (χ4v) is 4.51. The highest BCUT2D eigenvalue weighted by molar-refractivity contribution is 7.99. The van der Waals surface area contributed by atoms with Crippen LogP contribution in [0.5, 0.6) is 5.75 Å². The van der Waals surface area contributed by atoms with Gasteiger partial charge in [-0.15, -0.1) is 11.6 Å². The van der Waals surface area contributed by atoms with Crippen molar-refractivity contribution in [2.75, 3.05) is 13.4 Å². The summed E-state index contributed by atoms with van der Waals surface area (Å²) in [6.07, 6.45) is 5.94. The van der Waals surface area contributed by atoms with E-state index in [4.69, 9.17) is 21.3 Å². The predicted octanol–water partition coefficient (Wildman–Crippen LogP) is 4.80. The number of alkyl halides is 1. The lowest BCUT2D eigenvalue weighted by atomic mass is 10.2. The van der Waals surface area contributed by atoms with Crippen LogP contribution in [-0.2, 0) is 0 Å². The van der Waals surface area contributed by atoms with Crippen LogP contribution in [0.3, 0.4) is 0 Å². The zero-order valence-electron chi connectivity index (χ0n) is 12.7. The monoisotopic (exact) mass is 324 g/mol. The summed E-state index contributed by atoms with van der Waals surface area (Å²) >= 11 is 8.37. The highest BCUT2D eigenvalue weighted by Gasteiger charge is 2.32. The van der Waals surface area contributed by atoms with Crippen LogP contribution in [0, 0.1) is 0 Å². The third-order valence-electron chi connectivity index (χ3n) is 4.34. The molecule has 0 N–H and O–H groups in total. The molecule has 114 valence electrons. The first-order chi connectivity index (χ1) is 10.2. The Balaban J connectivity index is 2.21. The van der Waals surface area contributed by atoms with E-state index in [-0.39, 0.29) is 5.38 Å². The number of nitrogens with zero attached hydrogens (tertiary/aromatic N) is 2. The van der Waals surface area contributed by atoms with E-state index in [1.807, 2.05) is 30.8 Å². The van der Waals surface area contributed by atoms with Gasteiger partial charge in [0.1, 0.15) is 17.1 Å². The number of fused-ring (bicyclic) bond motifs is 1. The second-order valence-corrected chi connectivity index (χ2v) is 7.29. The Kier molecular flexibility index (Phi) is 4.36. The third kappa shape index (κ3) is 2.53. The molecule has 1 fully saturated rings. The van der Waals surface area contributed by atoms with Crippen molar-refractivity contribution in [1.29, 1.82) is 0 Å². The van der Waals surface area contributed by atoms with Gasteiger partial charge in [0, 0.05) is 11.3 Å². The normalized spacial score (nSPS) is 23.6. The Morgan fingerprint density at radius 3 is 2.90 bits per heavy atom. The lowest BCUT2D eigenvalue weighted by Crippen LogP contribution is -2.18. The van der Waals surface area contributed by atoms with Crippen molar-refractivity contribution in [2.24, 2.45) is 0 Å². The van der Waals surface area contributed by atoms with Crippen LogP contribution in [0.15, 0.2) is 18.2 Å². The molecule has 0 bridgehead atoms. The first-order valence-electron chi connectivity index (χ1n) is 7.39. The second-order valence-electron chi connectivity index (χ2n) is 5.56. The Morgan fingerprint density at radius 2 is 2.24 bits per heavy atom. The summed E-state index contributed by atoms with van der Waals surface area (Å²) in [5.74, 6) is 1.78. The Bertz CT molecular complexity index is 640. The molecule has 1 aromatic heterocycles. The van der Waals surface area contributed by atoms with Gasteiger partial charge >= 0.3 is 0 Å². The number of aromatic nitrogens is 2. The number of rotatable bonds is 4. The molecule has 3 unspecified atom stereocenters. The molecule has 3 atom stereocenters. The first-order valence-corrected chi connectivity index (χ1v) is 9.11. The maximum absolute atomic E-state index is 6.41. The van der Waals surface area contributed by atoms with Crippen molar-refractivity contribution >= 4 is 34.4 Å². The molecule has 0 amide bonds. The van der Waals surface area contributed by atoms with Gasteiger partial charge in [0.15, 0.2) is 0 Å². The molecule has 0 aliphatic heterocycles. The molecule has 2 aromatic rings. The average Bonchev–Trinajstić information content (AvgIpc) is 3.09. The molecule has 1 aromatic carbocycles.